The van der Waals surface area contributed by atoms with Crippen molar-refractivity contribution in [2.24, 2.45) is 9.98 Å². The highest BCUT2D eigenvalue weighted by atomic mass is 14.8. The molecule has 0 bridgehead atoms. The molecule has 0 fully saturated rings. The van der Waals surface area contributed by atoms with Gasteiger partial charge in [0.25, 0.3) is 0 Å². The smallest absolute Gasteiger partial charge is 0.0909 e. The lowest BCUT2D eigenvalue weighted by Crippen LogP contribution is -2.01. The van der Waals surface area contributed by atoms with E-state index in [0.29, 0.717) is 5.70 Å². The quantitative estimate of drug-likeness (QED) is 0.0787. The van der Waals surface area contributed by atoms with E-state index in [0.717, 1.165) is 63.0 Å². The molecule has 0 amide bonds. The normalized spacial score (nSPS) is 12.9. The molecular weight excluding hydrogens is 679 g/mol. The Morgan fingerprint density at radius 2 is 1.52 bits per heavy atom. The second kappa shape index (κ2) is 15.8. The summed E-state index contributed by atoms with van der Waals surface area (Å²) in [6, 6.07) is 36.6. The summed E-state index contributed by atoms with van der Waals surface area (Å²) in [5.74, 6) is 0. The average molecular weight is 722 g/mol. The molecule has 0 saturated heterocycles. The Kier molecular flexibility index (Phi) is 10.2. The first-order chi connectivity index (χ1) is 27.4. The summed E-state index contributed by atoms with van der Waals surface area (Å²) in [5, 5.41) is 7.29. The van der Waals surface area contributed by atoms with E-state index in [1.54, 1.807) is 18.5 Å². The highest BCUT2D eigenvalue weighted by Crippen LogP contribution is 2.43. The van der Waals surface area contributed by atoms with Gasteiger partial charge in [-0.15, -0.1) is 0 Å². The summed E-state index contributed by atoms with van der Waals surface area (Å²) in [7, 11) is 0. The molecule has 3 heteroatoms. The summed E-state index contributed by atoms with van der Waals surface area (Å²) in [4.78, 5) is 14.3. The Morgan fingerprint density at radius 1 is 0.768 bits per heavy atom. The number of aliphatic imine (C=N–C) groups is 2. The van der Waals surface area contributed by atoms with E-state index in [1.807, 2.05) is 43.5 Å². The van der Waals surface area contributed by atoms with Gasteiger partial charge in [0.05, 0.1) is 17.1 Å². The Hall–Kier alpha value is -6.97. The number of benzene rings is 6. The van der Waals surface area contributed by atoms with E-state index in [-0.39, 0.29) is 0 Å². The number of allylic oxidation sites excluding steroid dienone is 6. The van der Waals surface area contributed by atoms with Crippen LogP contribution in [0.5, 0.6) is 0 Å². The van der Waals surface area contributed by atoms with Crippen molar-refractivity contribution in [3.63, 3.8) is 0 Å². The van der Waals surface area contributed by atoms with Gasteiger partial charge in [-0.2, -0.15) is 0 Å². The molecule has 1 heterocycles. The fourth-order valence-electron chi connectivity index (χ4n) is 8.08. The first-order valence-corrected chi connectivity index (χ1v) is 19.1. The van der Waals surface area contributed by atoms with Crippen LogP contribution in [0.2, 0.25) is 0 Å². The molecule has 1 aliphatic rings. The molecule has 270 valence electrons. The second-order valence-corrected chi connectivity index (χ2v) is 14.2. The van der Waals surface area contributed by atoms with Gasteiger partial charge in [-0.3, -0.25) is 15.0 Å². The molecule has 3 nitrogen and oxygen atoms in total. The number of pyridine rings is 1. The SMILES string of the molecule is C=C/C=C\C(=C)c1c2c(c3ccccc3c1N=Cc1ccc(-c3c4ccccc4c(C)c4c(/C=C/C=NC(=C)c5ncccc5C)cccc34)cc1)CCC=C2. The fourth-order valence-corrected chi connectivity index (χ4v) is 8.08. The van der Waals surface area contributed by atoms with Crippen LogP contribution in [0.15, 0.2) is 169 Å². The molecule has 0 spiro atoms. The van der Waals surface area contributed by atoms with Gasteiger partial charge >= 0.3 is 0 Å². The van der Waals surface area contributed by atoms with Crippen molar-refractivity contribution in [1.82, 2.24) is 4.98 Å². The molecule has 6 aromatic carbocycles. The molecular formula is C53H43N3. The zero-order valence-corrected chi connectivity index (χ0v) is 32.0. The third-order valence-electron chi connectivity index (χ3n) is 10.7. The molecule has 8 rings (SSSR count). The van der Waals surface area contributed by atoms with Crippen LogP contribution < -0.4 is 0 Å². The van der Waals surface area contributed by atoms with Crippen LogP contribution in [0, 0.1) is 13.8 Å². The minimum Gasteiger partial charge on any atom is -0.255 e. The average Bonchev–Trinajstić information content (AvgIpc) is 3.24. The van der Waals surface area contributed by atoms with Crippen LogP contribution in [0.1, 0.15) is 51.1 Å². The summed E-state index contributed by atoms with van der Waals surface area (Å²) >= 11 is 0. The highest BCUT2D eigenvalue weighted by molar-refractivity contribution is 6.17. The Labute approximate surface area is 329 Å². The predicted molar refractivity (Wildman–Crippen MR) is 244 cm³/mol. The van der Waals surface area contributed by atoms with Crippen molar-refractivity contribution >= 4 is 73.9 Å². The first-order valence-electron chi connectivity index (χ1n) is 19.1. The van der Waals surface area contributed by atoms with Crippen molar-refractivity contribution < 1.29 is 0 Å². The van der Waals surface area contributed by atoms with Crippen LogP contribution >= 0.6 is 0 Å². The molecule has 0 radical (unpaired) electrons. The van der Waals surface area contributed by atoms with Crippen molar-refractivity contribution in [3.8, 4) is 11.1 Å². The molecule has 7 aromatic rings. The van der Waals surface area contributed by atoms with Crippen LogP contribution in [0.3, 0.4) is 0 Å². The van der Waals surface area contributed by atoms with Gasteiger partial charge in [-0.1, -0.05) is 153 Å². The Bertz CT molecular complexity index is 2860. The topological polar surface area (TPSA) is 37.6 Å². The predicted octanol–water partition coefficient (Wildman–Crippen LogP) is 14.0. The molecule has 0 aliphatic heterocycles. The van der Waals surface area contributed by atoms with Crippen molar-refractivity contribution in [2.45, 2.75) is 26.7 Å². The van der Waals surface area contributed by atoms with Gasteiger partial charge in [0, 0.05) is 29.6 Å². The van der Waals surface area contributed by atoms with Gasteiger partial charge in [-0.25, -0.2) is 0 Å². The maximum absolute atomic E-state index is 5.23. The zero-order valence-electron chi connectivity index (χ0n) is 32.0. The zero-order chi connectivity index (χ0) is 38.6. The van der Waals surface area contributed by atoms with Gasteiger partial charge in [0.1, 0.15) is 0 Å². The Morgan fingerprint density at radius 3 is 2.30 bits per heavy atom. The number of hydrogen-bond donors (Lipinski definition) is 0. The number of rotatable bonds is 10. The lowest BCUT2D eigenvalue weighted by molar-refractivity contribution is 0.996. The fraction of sp³-hybridized carbons (Fsp3) is 0.0755. The molecule has 56 heavy (non-hydrogen) atoms. The van der Waals surface area contributed by atoms with Crippen molar-refractivity contribution in [2.75, 3.05) is 0 Å². The summed E-state index contributed by atoms with van der Waals surface area (Å²) < 4.78 is 0. The maximum Gasteiger partial charge on any atom is 0.0909 e. The van der Waals surface area contributed by atoms with E-state index in [1.165, 1.54) is 49.2 Å². The van der Waals surface area contributed by atoms with E-state index in [9.17, 15) is 0 Å². The molecule has 1 aromatic heterocycles. The lowest BCUT2D eigenvalue weighted by atomic mass is 9.84. The monoisotopic (exact) mass is 721 g/mol. The number of fused-ring (bicyclic) bond motifs is 5. The van der Waals surface area contributed by atoms with Crippen LogP contribution in [0.4, 0.5) is 5.69 Å². The number of aromatic nitrogens is 1. The van der Waals surface area contributed by atoms with Gasteiger partial charge < -0.3 is 0 Å². The largest absolute Gasteiger partial charge is 0.255 e. The van der Waals surface area contributed by atoms with E-state index in [4.69, 9.17) is 4.99 Å². The summed E-state index contributed by atoms with van der Waals surface area (Å²) in [5.41, 5.74) is 13.8. The first kappa shape index (κ1) is 36.0. The third-order valence-corrected chi connectivity index (χ3v) is 10.7. The Balaban J connectivity index is 1.18. The highest BCUT2D eigenvalue weighted by Gasteiger charge is 2.20. The number of hydrogen-bond acceptors (Lipinski definition) is 3. The summed E-state index contributed by atoms with van der Waals surface area (Å²) in [6.07, 6.45) is 22.0. The van der Waals surface area contributed by atoms with Crippen LogP contribution in [-0.2, 0) is 6.42 Å². The van der Waals surface area contributed by atoms with E-state index >= 15 is 0 Å². The van der Waals surface area contributed by atoms with Crippen LogP contribution in [-0.4, -0.2) is 17.4 Å². The van der Waals surface area contributed by atoms with Crippen molar-refractivity contribution in [3.05, 3.63) is 204 Å². The van der Waals surface area contributed by atoms with E-state index in [2.05, 4.69) is 146 Å². The molecule has 0 N–H and O–H groups in total. The van der Waals surface area contributed by atoms with Gasteiger partial charge in [0.2, 0.25) is 0 Å². The van der Waals surface area contributed by atoms with E-state index < -0.39 is 0 Å². The second-order valence-electron chi connectivity index (χ2n) is 14.2. The number of nitrogens with zero attached hydrogens (tertiary/aromatic N) is 3. The van der Waals surface area contributed by atoms with Gasteiger partial charge in [0.15, 0.2) is 0 Å². The van der Waals surface area contributed by atoms with Crippen LogP contribution in [0.25, 0.3) is 66.9 Å². The minimum absolute atomic E-state index is 0.642. The summed E-state index contributed by atoms with van der Waals surface area (Å²) in [6.45, 7) is 16.8. The lowest BCUT2D eigenvalue weighted by Gasteiger charge is -2.21. The maximum atomic E-state index is 5.23. The minimum atomic E-state index is 0.642. The van der Waals surface area contributed by atoms with Gasteiger partial charge in [-0.05, 0) is 116 Å². The molecule has 0 atom stereocenters. The molecule has 0 saturated carbocycles. The van der Waals surface area contributed by atoms with Crippen molar-refractivity contribution in [1.29, 1.82) is 0 Å². The third kappa shape index (κ3) is 6.80. The number of aryl methyl sites for hydroxylation is 3. The standard InChI is InChI=1S/C53H43N3/c1-6-7-17-35(2)49-46-25-12-9-22-43(46)44-23-10-13-26-47(44)53(49)56-34-39-28-30-41(31-29-39)51-45-24-11-8-21-42(45)37(4)50-40(19-14-27-48(50)51)20-16-32-54-38(5)52-36(3)18-15-33-55-52/h6-8,10-21,23-34H,1-2,5,9,22H2,3-4H3/b17-7-,20-16+,54-32?,56-34?. The molecule has 1 aliphatic carbocycles. The molecule has 0 unspecified atom stereocenters.